The zero-order valence-corrected chi connectivity index (χ0v) is 15.6. The van der Waals surface area contributed by atoms with Crippen LogP contribution in [0.25, 0.3) is 17.0 Å². The predicted octanol–water partition coefficient (Wildman–Crippen LogP) is 3.36. The molecule has 3 heterocycles. The number of ether oxygens (including phenoxy) is 2. The summed E-state index contributed by atoms with van der Waals surface area (Å²) in [4.78, 5) is 4.84. The second-order valence-corrected chi connectivity index (χ2v) is 7.16. The first kappa shape index (κ1) is 16.4. The van der Waals surface area contributed by atoms with E-state index in [1.165, 1.54) is 11.3 Å². The zero-order chi connectivity index (χ0) is 17.4. The molecule has 6 heteroatoms. The average molecular weight is 356 g/mol. The van der Waals surface area contributed by atoms with Gasteiger partial charge in [0, 0.05) is 43.2 Å². The van der Waals surface area contributed by atoms with E-state index in [0.29, 0.717) is 6.61 Å². The first-order chi connectivity index (χ1) is 12.2. The lowest BCUT2D eigenvalue weighted by Gasteiger charge is -2.19. The Labute approximate surface area is 151 Å². The van der Waals surface area contributed by atoms with Gasteiger partial charge >= 0.3 is 5.95 Å². The van der Waals surface area contributed by atoms with Crippen molar-refractivity contribution in [3.05, 3.63) is 47.3 Å². The van der Waals surface area contributed by atoms with Crippen LogP contribution in [0.1, 0.15) is 23.2 Å². The average Bonchev–Trinajstić information content (AvgIpc) is 3.00. The number of pyridine rings is 1. The quantitative estimate of drug-likeness (QED) is 0.519. The summed E-state index contributed by atoms with van der Waals surface area (Å²) < 4.78 is 15.6. The number of methoxy groups -OCH3 is 1. The van der Waals surface area contributed by atoms with E-state index in [1.807, 2.05) is 6.07 Å². The van der Waals surface area contributed by atoms with Crippen LogP contribution in [-0.4, -0.2) is 29.3 Å². The molecule has 0 N–H and O–H groups in total. The number of aromatic nitrogens is 3. The van der Waals surface area contributed by atoms with Gasteiger partial charge in [0.15, 0.2) is 11.0 Å². The number of para-hydroxylation sites is 2. The zero-order valence-electron chi connectivity index (χ0n) is 14.8. The number of hydrogen-bond acceptors (Lipinski definition) is 4. The Bertz CT molecular complexity index is 936. The molecule has 4 rings (SSSR count). The maximum absolute atomic E-state index is 6.05. The van der Waals surface area contributed by atoms with Gasteiger partial charge < -0.3 is 9.47 Å². The summed E-state index contributed by atoms with van der Waals surface area (Å²) in [6.45, 7) is 5.63. The van der Waals surface area contributed by atoms with Crippen molar-refractivity contribution in [2.45, 2.75) is 26.0 Å². The van der Waals surface area contributed by atoms with Crippen LogP contribution in [0.2, 0.25) is 0 Å². The summed E-state index contributed by atoms with van der Waals surface area (Å²) in [6, 6.07) is 8.28. The van der Waals surface area contributed by atoms with Gasteiger partial charge in [0.2, 0.25) is 0 Å². The first-order valence-corrected chi connectivity index (χ1v) is 9.42. The Balaban J connectivity index is 1.76. The molecule has 1 aromatic carbocycles. The van der Waals surface area contributed by atoms with Gasteiger partial charge in [-0.15, -0.1) is 0 Å². The minimum atomic E-state index is 0.671. The Hall–Kier alpha value is -2.05. The van der Waals surface area contributed by atoms with E-state index >= 15 is 0 Å². The van der Waals surface area contributed by atoms with Crippen LogP contribution in [-0.2, 0) is 10.5 Å². The van der Waals surface area contributed by atoms with Crippen LogP contribution in [0.15, 0.2) is 30.5 Å². The van der Waals surface area contributed by atoms with Crippen molar-refractivity contribution in [1.29, 1.82) is 0 Å². The smallest absolute Gasteiger partial charge is 0.415 e. The van der Waals surface area contributed by atoms with E-state index in [4.69, 9.17) is 14.5 Å². The summed E-state index contributed by atoms with van der Waals surface area (Å²) in [5, 5.41) is 0. The third-order valence-corrected chi connectivity index (χ3v) is 5.55. The molecule has 1 aliphatic heterocycles. The van der Waals surface area contributed by atoms with Crippen LogP contribution in [0.3, 0.4) is 0 Å². The number of fused-ring (bicyclic) bond motifs is 5. The van der Waals surface area contributed by atoms with E-state index in [-0.39, 0.29) is 0 Å². The summed E-state index contributed by atoms with van der Waals surface area (Å²) in [5.41, 5.74) is 5.77. The van der Waals surface area contributed by atoms with Crippen LogP contribution < -0.4 is 9.30 Å². The molecule has 0 atom stereocenters. The number of hydrogen-bond donors (Lipinski definition) is 0. The number of nitrogens with zero attached hydrogens (tertiary/aromatic N) is 3. The van der Waals surface area contributed by atoms with Gasteiger partial charge in [-0.3, -0.25) is 0 Å². The Morgan fingerprint density at radius 2 is 2.08 bits per heavy atom. The largest absolute Gasteiger partial charge is 0.493 e. The van der Waals surface area contributed by atoms with E-state index in [2.05, 4.69) is 46.8 Å². The van der Waals surface area contributed by atoms with E-state index in [0.717, 1.165) is 47.1 Å². The summed E-state index contributed by atoms with van der Waals surface area (Å²) in [5.74, 6) is 2.85. The lowest BCUT2D eigenvalue weighted by Crippen LogP contribution is -2.42. The van der Waals surface area contributed by atoms with Crippen LogP contribution in [0.5, 0.6) is 5.75 Å². The number of aryl methyl sites for hydroxylation is 1. The summed E-state index contributed by atoms with van der Waals surface area (Å²) in [7, 11) is 1.72. The molecule has 0 saturated heterocycles. The molecule has 0 bridgehead atoms. The molecular weight excluding hydrogens is 334 g/mol. The highest BCUT2D eigenvalue weighted by atomic mass is 32.2. The Morgan fingerprint density at radius 3 is 2.92 bits per heavy atom. The van der Waals surface area contributed by atoms with Crippen LogP contribution in [0, 0.1) is 13.8 Å². The molecule has 2 aromatic heterocycles. The van der Waals surface area contributed by atoms with Crippen LogP contribution >= 0.6 is 11.9 Å². The molecule has 0 aliphatic carbocycles. The topological polar surface area (TPSA) is 40.2 Å². The molecule has 0 unspecified atom stereocenters. The van der Waals surface area contributed by atoms with Gasteiger partial charge in [-0.25, -0.2) is 4.57 Å². The van der Waals surface area contributed by atoms with Crippen molar-refractivity contribution in [2.75, 3.05) is 20.3 Å². The highest BCUT2D eigenvalue weighted by molar-refractivity contribution is 7.97. The van der Waals surface area contributed by atoms with Gasteiger partial charge in [-0.2, -0.15) is 3.97 Å². The molecule has 130 valence electrons. The molecule has 0 spiro atoms. The SMILES string of the molecule is COCCCOc1c(C)c[n+]2c(c1C)CSn1c-2nc2ccccc21. The maximum Gasteiger partial charge on any atom is 0.415 e. The van der Waals surface area contributed by atoms with Crippen molar-refractivity contribution in [3.8, 4) is 11.7 Å². The van der Waals surface area contributed by atoms with Gasteiger partial charge in [-0.05, 0) is 26.0 Å². The molecular formula is C19H22N3O2S+. The lowest BCUT2D eigenvalue weighted by atomic mass is 10.1. The van der Waals surface area contributed by atoms with E-state index in [1.54, 1.807) is 19.1 Å². The fourth-order valence-electron chi connectivity index (χ4n) is 3.29. The Morgan fingerprint density at radius 1 is 1.24 bits per heavy atom. The van der Waals surface area contributed by atoms with Gasteiger partial charge in [0.25, 0.3) is 0 Å². The second kappa shape index (κ2) is 6.69. The summed E-state index contributed by atoms with van der Waals surface area (Å²) >= 11 is 1.79. The molecule has 25 heavy (non-hydrogen) atoms. The van der Waals surface area contributed by atoms with Crippen molar-refractivity contribution in [3.63, 3.8) is 0 Å². The fraction of sp³-hybridized carbons (Fsp3) is 0.368. The third kappa shape index (κ3) is 2.79. The maximum atomic E-state index is 6.05. The Kier molecular flexibility index (Phi) is 4.39. The third-order valence-electron chi connectivity index (χ3n) is 4.53. The molecule has 3 aromatic rings. The normalized spacial score (nSPS) is 12.9. The minimum Gasteiger partial charge on any atom is -0.493 e. The first-order valence-electron chi connectivity index (χ1n) is 8.48. The van der Waals surface area contributed by atoms with Crippen LogP contribution in [0.4, 0.5) is 0 Å². The van der Waals surface area contributed by atoms with Gasteiger partial charge in [0.1, 0.15) is 11.4 Å². The van der Waals surface area contributed by atoms with Gasteiger partial charge in [0.05, 0.1) is 18.6 Å². The number of imidazole rings is 1. The van der Waals surface area contributed by atoms with Crippen molar-refractivity contribution >= 4 is 23.0 Å². The number of rotatable bonds is 5. The standard InChI is InChI=1S/C19H22N3O2S/c1-13-11-21-17(14(2)18(13)24-10-6-9-23-3)12-25-22-16-8-5-4-7-15(16)20-19(21)22/h4-5,7-8,11H,6,9-10,12H2,1-3H3/q+1. The van der Waals surface area contributed by atoms with E-state index < -0.39 is 0 Å². The van der Waals surface area contributed by atoms with E-state index in [9.17, 15) is 0 Å². The fourth-order valence-corrected chi connectivity index (χ4v) is 4.43. The highest BCUT2D eigenvalue weighted by Gasteiger charge is 2.31. The monoisotopic (exact) mass is 356 g/mol. The second-order valence-electron chi connectivity index (χ2n) is 6.25. The van der Waals surface area contributed by atoms with Gasteiger partial charge in [-0.1, -0.05) is 17.1 Å². The molecule has 0 radical (unpaired) electrons. The minimum absolute atomic E-state index is 0.671. The summed E-state index contributed by atoms with van der Waals surface area (Å²) in [6.07, 6.45) is 3.04. The van der Waals surface area contributed by atoms with Crippen molar-refractivity contribution in [1.82, 2.24) is 8.96 Å². The molecule has 5 nitrogen and oxygen atoms in total. The highest BCUT2D eigenvalue weighted by Crippen LogP contribution is 2.33. The molecule has 0 amide bonds. The van der Waals surface area contributed by atoms with Crippen molar-refractivity contribution in [2.24, 2.45) is 0 Å². The number of benzene rings is 1. The lowest BCUT2D eigenvalue weighted by molar-refractivity contribution is -0.613. The predicted molar refractivity (Wildman–Crippen MR) is 99.4 cm³/mol. The molecule has 0 saturated carbocycles. The molecule has 0 fully saturated rings. The molecule has 1 aliphatic rings. The van der Waals surface area contributed by atoms with Crippen molar-refractivity contribution < 1.29 is 14.0 Å².